The molecule has 0 aromatic carbocycles. The summed E-state index contributed by atoms with van der Waals surface area (Å²) < 4.78 is 16.4. The Labute approximate surface area is 310 Å². The van der Waals surface area contributed by atoms with Crippen LogP contribution in [0.25, 0.3) is 0 Å². The maximum Gasteiger partial charge on any atom is 0.306 e. The van der Waals surface area contributed by atoms with Crippen molar-refractivity contribution in [2.45, 2.75) is 142 Å². The van der Waals surface area contributed by atoms with Gasteiger partial charge in [-0.15, -0.1) is 0 Å². The Morgan fingerprint density at radius 1 is 0.392 bits per heavy atom. The SMILES string of the molecule is CC/C=C\C/C=C\C/C=C\CCCC(=O)OCC(COC(=O)CCC/C=C\C/C=C\C/C=C\CC)OC(=O)CCC/C=C\C/C=C\C/C=C\CC. The maximum absolute atomic E-state index is 12.6. The van der Waals surface area contributed by atoms with Gasteiger partial charge in [0.05, 0.1) is 0 Å². The van der Waals surface area contributed by atoms with E-state index in [2.05, 4.69) is 130 Å². The molecule has 6 nitrogen and oxygen atoms in total. The quantitative estimate of drug-likeness (QED) is 0.0300. The molecule has 0 bridgehead atoms. The predicted molar refractivity (Wildman–Crippen MR) is 214 cm³/mol. The molecule has 0 aromatic heterocycles. The smallest absolute Gasteiger partial charge is 0.306 e. The number of carbonyl (C=O) groups is 3. The highest BCUT2D eigenvalue weighted by Crippen LogP contribution is 2.08. The van der Waals surface area contributed by atoms with Crippen molar-refractivity contribution in [3.05, 3.63) is 109 Å². The highest BCUT2D eigenvalue weighted by molar-refractivity contribution is 5.71. The number of hydrogen-bond acceptors (Lipinski definition) is 6. The average molecular weight is 705 g/mol. The second-order valence-electron chi connectivity index (χ2n) is 12.0. The van der Waals surface area contributed by atoms with E-state index in [1.54, 1.807) is 0 Å². The van der Waals surface area contributed by atoms with Crippen molar-refractivity contribution in [2.24, 2.45) is 0 Å². The summed E-state index contributed by atoms with van der Waals surface area (Å²) in [7, 11) is 0. The fourth-order valence-electron chi connectivity index (χ4n) is 4.45. The minimum atomic E-state index is -0.842. The van der Waals surface area contributed by atoms with E-state index in [1.165, 1.54) is 0 Å². The molecule has 284 valence electrons. The zero-order chi connectivity index (χ0) is 37.3. The molecule has 0 heterocycles. The van der Waals surface area contributed by atoms with Gasteiger partial charge in [-0.2, -0.15) is 0 Å². The molecule has 6 heteroatoms. The van der Waals surface area contributed by atoms with Crippen molar-refractivity contribution in [3.63, 3.8) is 0 Å². The molecule has 0 N–H and O–H groups in total. The molecular formula is C45H68O6. The number of rotatable bonds is 32. The summed E-state index contributed by atoms with van der Waals surface area (Å²) in [6.07, 6.45) is 51.0. The van der Waals surface area contributed by atoms with Crippen molar-refractivity contribution < 1.29 is 28.6 Å². The van der Waals surface area contributed by atoms with Crippen LogP contribution in [0, 0.1) is 0 Å². The van der Waals surface area contributed by atoms with E-state index in [4.69, 9.17) is 14.2 Å². The van der Waals surface area contributed by atoms with Gasteiger partial charge in [0, 0.05) is 19.3 Å². The molecule has 0 aliphatic heterocycles. The van der Waals surface area contributed by atoms with Crippen LogP contribution < -0.4 is 0 Å². The van der Waals surface area contributed by atoms with Gasteiger partial charge < -0.3 is 14.2 Å². The second kappa shape index (κ2) is 38.9. The molecule has 0 aliphatic carbocycles. The van der Waals surface area contributed by atoms with Gasteiger partial charge in [-0.3, -0.25) is 14.4 Å². The normalized spacial score (nSPS) is 12.7. The highest BCUT2D eigenvalue weighted by atomic mass is 16.6. The van der Waals surface area contributed by atoms with Crippen LogP contribution in [0.1, 0.15) is 136 Å². The molecule has 0 saturated carbocycles. The molecule has 0 unspecified atom stereocenters. The van der Waals surface area contributed by atoms with Crippen LogP contribution in [-0.4, -0.2) is 37.2 Å². The maximum atomic E-state index is 12.6. The molecule has 0 amide bonds. The Bertz CT molecular complexity index is 1070. The van der Waals surface area contributed by atoms with Crippen molar-refractivity contribution >= 4 is 17.9 Å². The summed E-state index contributed by atoms with van der Waals surface area (Å²) in [4.78, 5) is 37.4. The molecule has 51 heavy (non-hydrogen) atoms. The van der Waals surface area contributed by atoms with E-state index in [1.807, 2.05) is 0 Å². The lowest BCUT2D eigenvalue weighted by atomic mass is 10.2. The first-order valence-electron chi connectivity index (χ1n) is 19.4. The monoisotopic (exact) mass is 705 g/mol. The summed E-state index contributed by atoms with van der Waals surface area (Å²) in [6, 6.07) is 0. The number of allylic oxidation sites excluding steroid dienone is 18. The molecule has 0 fully saturated rings. The Morgan fingerprint density at radius 2 is 0.667 bits per heavy atom. The fourth-order valence-corrected chi connectivity index (χ4v) is 4.45. The predicted octanol–water partition coefficient (Wildman–Crippen LogP) is 12.1. The van der Waals surface area contributed by atoms with Crippen LogP contribution in [0.4, 0.5) is 0 Å². The third-order valence-corrected chi connectivity index (χ3v) is 7.25. The molecule has 0 radical (unpaired) electrons. The third-order valence-electron chi connectivity index (χ3n) is 7.25. The molecule has 0 aromatic rings. The summed E-state index contributed by atoms with van der Waals surface area (Å²) in [5, 5.41) is 0. The second-order valence-corrected chi connectivity index (χ2v) is 12.0. The van der Waals surface area contributed by atoms with Crippen LogP contribution >= 0.6 is 0 Å². The Hall–Kier alpha value is -3.93. The number of carbonyl (C=O) groups excluding carboxylic acids is 3. The highest BCUT2D eigenvalue weighted by Gasteiger charge is 2.19. The van der Waals surface area contributed by atoms with Gasteiger partial charge >= 0.3 is 17.9 Å². The molecule has 0 saturated heterocycles. The van der Waals surface area contributed by atoms with Crippen LogP contribution in [0.5, 0.6) is 0 Å². The third kappa shape index (κ3) is 37.2. The molecular weight excluding hydrogens is 636 g/mol. The van der Waals surface area contributed by atoms with E-state index in [0.29, 0.717) is 19.3 Å². The summed E-state index contributed by atoms with van der Waals surface area (Å²) in [6.45, 7) is 6.08. The zero-order valence-corrected chi connectivity index (χ0v) is 32.1. The average Bonchev–Trinajstić information content (AvgIpc) is 3.12. The van der Waals surface area contributed by atoms with E-state index in [0.717, 1.165) is 77.0 Å². The van der Waals surface area contributed by atoms with Crippen molar-refractivity contribution in [1.29, 1.82) is 0 Å². The van der Waals surface area contributed by atoms with E-state index < -0.39 is 12.1 Å². The minimum absolute atomic E-state index is 0.144. The van der Waals surface area contributed by atoms with Gasteiger partial charge in [-0.1, -0.05) is 130 Å². The first-order valence-corrected chi connectivity index (χ1v) is 19.4. The Morgan fingerprint density at radius 3 is 0.980 bits per heavy atom. The first kappa shape index (κ1) is 47.1. The van der Waals surface area contributed by atoms with E-state index in [-0.39, 0.29) is 44.4 Å². The van der Waals surface area contributed by atoms with Gasteiger partial charge in [-0.05, 0) is 96.3 Å². The lowest BCUT2D eigenvalue weighted by molar-refractivity contribution is -0.166. The Kier molecular flexibility index (Phi) is 35.9. The van der Waals surface area contributed by atoms with Crippen molar-refractivity contribution in [2.75, 3.05) is 13.2 Å². The largest absolute Gasteiger partial charge is 0.462 e. The minimum Gasteiger partial charge on any atom is -0.462 e. The van der Waals surface area contributed by atoms with Crippen molar-refractivity contribution in [1.82, 2.24) is 0 Å². The van der Waals surface area contributed by atoms with Crippen LogP contribution in [-0.2, 0) is 28.6 Å². The van der Waals surface area contributed by atoms with E-state index in [9.17, 15) is 14.4 Å². The molecule has 0 spiro atoms. The van der Waals surface area contributed by atoms with E-state index >= 15 is 0 Å². The van der Waals surface area contributed by atoms with Gasteiger partial charge in [0.2, 0.25) is 0 Å². The van der Waals surface area contributed by atoms with Crippen LogP contribution in [0.2, 0.25) is 0 Å². The number of esters is 3. The summed E-state index contributed by atoms with van der Waals surface area (Å²) >= 11 is 0. The number of ether oxygens (including phenoxy) is 3. The fraction of sp³-hybridized carbons (Fsp3) is 0.533. The van der Waals surface area contributed by atoms with Crippen molar-refractivity contribution in [3.8, 4) is 0 Å². The van der Waals surface area contributed by atoms with Gasteiger partial charge in [0.25, 0.3) is 0 Å². The zero-order valence-electron chi connectivity index (χ0n) is 32.1. The van der Waals surface area contributed by atoms with Gasteiger partial charge in [0.1, 0.15) is 13.2 Å². The van der Waals surface area contributed by atoms with Crippen LogP contribution in [0.15, 0.2) is 109 Å². The van der Waals surface area contributed by atoms with Gasteiger partial charge in [0.15, 0.2) is 6.10 Å². The first-order chi connectivity index (χ1) is 25.0. The topological polar surface area (TPSA) is 78.9 Å². The Balaban J connectivity index is 4.64. The molecule has 0 atom stereocenters. The number of unbranched alkanes of at least 4 members (excludes halogenated alkanes) is 3. The van der Waals surface area contributed by atoms with Gasteiger partial charge in [-0.25, -0.2) is 0 Å². The standard InChI is InChI=1S/C45H68O6/c1-4-7-10-13-16-19-22-25-28-31-34-37-43(46)49-40-42(51-45(48)39-36-33-30-27-24-21-18-15-12-9-6-3)41-50-44(47)38-35-32-29-26-23-20-17-14-11-8-5-2/h7-12,16-21,25-30,42H,4-6,13-15,22-24,31-41H2,1-3H3/b10-7-,11-8-,12-9-,19-16-,20-17-,21-18-,28-25-,29-26-,30-27-. The number of hydrogen-bond donors (Lipinski definition) is 0. The lowest BCUT2D eigenvalue weighted by Crippen LogP contribution is -2.30. The molecule has 0 aliphatic rings. The lowest BCUT2D eigenvalue weighted by Gasteiger charge is -2.18. The summed E-state index contributed by atoms with van der Waals surface area (Å²) in [5.41, 5.74) is 0. The summed E-state index contributed by atoms with van der Waals surface area (Å²) in [5.74, 6) is -1.12. The van der Waals surface area contributed by atoms with Crippen LogP contribution in [0.3, 0.4) is 0 Å². The molecule has 0 rings (SSSR count).